The average Bonchev–Trinajstić information content (AvgIpc) is 3.35. The molecular weight excluding hydrogens is 427 g/mol. The van der Waals surface area contributed by atoms with Crippen LogP contribution in [0.15, 0.2) is 47.8 Å². The number of imidazole rings is 1. The van der Waals surface area contributed by atoms with Crippen LogP contribution in [0.4, 0.5) is 4.39 Å². The molecule has 4 heterocycles. The number of aryl methyl sites for hydroxylation is 2. The molecule has 0 aliphatic carbocycles. The molecule has 10 heteroatoms. The predicted molar refractivity (Wildman–Crippen MR) is 121 cm³/mol. The standard InChI is InChI=1S/C23H21FN6O3/c1-5-33-14-6-17(24)22(26-10-14)30-21-16-7-15(13-9-27-28(2)12-13)20(32-4)8-18(16)25-11-19(21)29(3)23(30)31/h6-12H,5H2,1-4H3. The van der Waals surface area contributed by atoms with Gasteiger partial charge in [-0.2, -0.15) is 5.10 Å². The lowest BCUT2D eigenvalue weighted by Gasteiger charge is -2.11. The predicted octanol–water partition coefficient (Wildman–Crippen LogP) is 3.22. The molecule has 0 unspecified atom stereocenters. The van der Waals surface area contributed by atoms with Gasteiger partial charge in [-0.15, -0.1) is 0 Å². The van der Waals surface area contributed by atoms with E-state index in [-0.39, 0.29) is 5.82 Å². The largest absolute Gasteiger partial charge is 0.496 e. The molecule has 0 bridgehead atoms. The third kappa shape index (κ3) is 3.22. The highest BCUT2D eigenvalue weighted by Gasteiger charge is 2.21. The molecule has 0 atom stereocenters. The van der Waals surface area contributed by atoms with E-state index in [0.29, 0.717) is 40.0 Å². The Bertz CT molecular complexity index is 1580. The molecule has 168 valence electrons. The van der Waals surface area contributed by atoms with Crippen molar-refractivity contribution in [3.8, 4) is 28.4 Å². The number of hydrogen-bond donors (Lipinski definition) is 0. The van der Waals surface area contributed by atoms with Crippen molar-refractivity contribution in [2.75, 3.05) is 13.7 Å². The fraction of sp³-hybridized carbons (Fsp3) is 0.217. The fourth-order valence-corrected chi connectivity index (χ4v) is 4.00. The van der Waals surface area contributed by atoms with Gasteiger partial charge in [0.1, 0.15) is 11.5 Å². The van der Waals surface area contributed by atoms with Crippen molar-refractivity contribution in [1.29, 1.82) is 0 Å². The van der Waals surface area contributed by atoms with Gasteiger partial charge in [0.2, 0.25) is 0 Å². The number of fused-ring (bicyclic) bond motifs is 3. The number of benzene rings is 1. The minimum Gasteiger partial charge on any atom is -0.496 e. The van der Waals surface area contributed by atoms with E-state index in [1.54, 1.807) is 44.2 Å². The molecular formula is C23H21FN6O3. The monoisotopic (exact) mass is 448 g/mol. The summed E-state index contributed by atoms with van der Waals surface area (Å²) in [5.41, 5.74) is 2.81. The van der Waals surface area contributed by atoms with Gasteiger partial charge < -0.3 is 9.47 Å². The lowest BCUT2D eigenvalue weighted by atomic mass is 10.0. The summed E-state index contributed by atoms with van der Waals surface area (Å²) in [5.74, 6) is 0.126. The summed E-state index contributed by atoms with van der Waals surface area (Å²) < 4.78 is 30.4. The Hall–Kier alpha value is -4.21. The Morgan fingerprint density at radius 2 is 1.91 bits per heavy atom. The van der Waals surface area contributed by atoms with Crippen LogP contribution < -0.4 is 15.2 Å². The molecule has 4 aromatic heterocycles. The molecule has 1 aromatic carbocycles. The Balaban J connectivity index is 1.87. The van der Waals surface area contributed by atoms with Gasteiger partial charge in [-0.3, -0.25) is 14.2 Å². The van der Waals surface area contributed by atoms with Crippen molar-refractivity contribution in [2.45, 2.75) is 6.92 Å². The summed E-state index contributed by atoms with van der Waals surface area (Å²) in [6.45, 7) is 2.18. The van der Waals surface area contributed by atoms with Crippen molar-refractivity contribution in [3.63, 3.8) is 0 Å². The van der Waals surface area contributed by atoms with E-state index in [4.69, 9.17) is 9.47 Å². The Kier molecular flexibility index (Phi) is 4.85. The summed E-state index contributed by atoms with van der Waals surface area (Å²) in [7, 11) is 5.02. The van der Waals surface area contributed by atoms with Crippen LogP contribution in [0.25, 0.3) is 38.9 Å². The second-order valence-corrected chi connectivity index (χ2v) is 7.55. The van der Waals surface area contributed by atoms with E-state index in [1.807, 2.05) is 19.3 Å². The maximum atomic E-state index is 15.1. The highest BCUT2D eigenvalue weighted by molar-refractivity contribution is 6.05. The van der Waals surface area contributed by atoms with Crippen molar-refractivity contribution in [1.82, 2.24) is 28.9 Å². The third-order valence-electron chi connectivity index (χ3n) is 5.54. The third-order valence-corrected chi connectivity index (χ3v) is 5.54. The second kappa shape index (κ2) is 7.73. The van der Waals surface area contributed by atoms with E-state index in [9.17, 15) is 4.79 Å². The number of methoxy groups -OCH3 is 1. The lowest BCUT2D eigenvalue weighted by Crippen LogP contribution is -2.22. The van der Waals surface area contributed by atoms with Gasteiger partial charge in [0.15, 0.2) is 11.6 Å². The van der Waals surface area contributed by atoms with Crippen LogP contribution in [0.1, 0.15) is 6.92 Å². The van der Waals surface area contributed by atoms with Crippen molar-refractivity contribution < 1.29 is 13.9 Å². The number of nitrogens with zero attached hydrogens (tertiary/aromatic N) is 6. The minimum atomic E-state index is -0.665. The second-order valence-electron chi connectivity index (χ2n) is 7.55. The first kappa shape index (κ1) is 20.7. The first-order valence-corrected chi connectivity index (χ1v) is 10.3. The van der Waals surface area contributed by atoms with Gasteiger partial charge in [0, 0.05) is 48.9 Å². The van der Waals surface area contributed by atoms with Crippen molar-refractivity contribution in [2.24, 2.45) is 14.1 Å². The van der Waals surface area contributed by atoms with Gasteiger partial charge in [0.25, 0.3) is 0 Å². The van der Waals surface area contributed by atoms with Crippen LogP contribution in [0.5, 0.6) is 11.5 Å². The molecule has 33 heavy (non-hydrogen) atoms. The lowest BCUT2D eigenvalue weighted by molar-refractivity contribution is 0.336. The van der Waals surface area contributed by atoms with Crippen LogP contribution in [0.3, 0.4) is 0 Å². The average molecular weight is 448 g/mol. The minimum absolute atomic E-state index is 0.111. The molecule has 0 radical (unpaired) electrons. The number of aromatic nitrogens is 6. The zero-order valence-corrected chi connectivity index (χ0v) is 18.5. The van der Waals surface area contributed by atoms with E-state index >= 15 is 4.39 Å². The fourth-order valence-electron chi connectivity index (χ4n) is 4.00. The SMILES string of the molecule is CCOc1cnc(-n2c(=O)n(C)c3cnc4cc(OC)c(-c5cnn(C)c5)cc4c32)c(F)c1. The van der Waals surface area contributed by atoms with E-state index in [1.165, 1.54) is 21.4 Å². The van der Waals surface area contributed by atoms with E-state index < -0.39 is 11.5 Å². The molecule has 0 fully saturated rings. The van der Waals surface area contributed by atoms with Gasteiger partial charge in [-0.25, -0.2) is 18.7 Å². The van der Waals surface area contributed by atoms with Crippen LogP contribution in [0.2, 0.25) is 0 Å². The summed E-state index contributed by atoms with van der Waals surface area (Å²) in [6.07, 6.45) is 6.58. The Morgan fingerprint density at radius 1 is 1.09 bits per heavy atom. The van der Waals surface area contributed by atoms with E-state index in [2.05, 4.69) is 15.1 Å². The first-order valence-electron chi connectivity index (χ1n) is 10.3. The van der Waals surface area contributed by atoms with Gasteiger partial charge >= 0.3 is 5.69 Å². The molecule has 0 N–H and O–H groups in total. The summed E-state index contributed by atoms with van der Waals surface area (Å²) in [5, 5.41) is 4.90. The number of halogens is 1. The highest BCUT2D eigenvalue weighted by atomic mass is 19.1. The molecule has 9 nitrogen and oxygen atoms in total. The molecule has 0 saturated carbocycles. The zero-order valence-electron chi connectivity index (χ0n) is 18.5. The molecule has 0 amide bonds. The molecule has 0 spiro atoms. The number of ether oxygens (including phenoxy) is 2. The number of rotatable bonds is 5. The number of pyridine rings is 2. The maximum Gasteiger partial charge on any atom is 0.334 e. The topological polar surface area (TPSA) is 89.0 Å². The Morgan fingerprint density at radius 3 is 2.58 bits per heavy atom. The molecule has 5 aromatic rings. The summed E-state index contributed by atoms with van der Waals surface area (Å²) >= 11 is 0. The van der Waals surface area contributed by atoms with Crippen LogP contribution in [-0.4, -0.2) is 42.6 Å². The first-order chi connectivity index (χ1) is 15.9. The number of hydrogen-bond acceptors (Lipinski definition) is 6. The van der Waals surface area contributed by atoms with E-state index in [0.717, 1.165) is 11.1 Å². The van der Waals surface area contributed by atoms with Crippen molar-refractivity contribution >= 4 is 21.9 Å². The Labute approximate surface area is 187 Å². The van der Waals surface area contributed by atoms with Crippen LogP contribution in [-0.2, 0) is 14.1 Å². The molecule has 0 aliphatic heterocycles. The van der Waals surface area contributed by atoms with Gasteiger partial charge in [-0.1, -0.05) is 0 Å². The van der Waals surface area contributed by atoms with Crippen LogP contribution >= 0.6 is 0 Å². The quantitative estimate of drug-likeness (QED) is 0.410. The molecule has 5 rings (SSSR count). The summed E-state index contributed by atoms with van der Waals surface area (Å²) in [6, 6.07) is 4.90. The van der Waals surface area contributed by atoms with Gasteiger partial charge in [0.05, 0.1) is 48.9 Å². The van der Waals surface area contributed by atoms with Crippen molar-refractivity contribution in [3.05, 3.63) is 59.3 Å². The smallest absolute Gasteiger partial charge is 0.334 e. The maximum absolute atomic E-state index is 15.1. The zero-order chi connectivity index (χ0) is 23.3. The normalized spacial score (nSPS) is 11.4. The van der Waals surface area contributed by atoms with Crippen LogP contribution in [0, 0.1) is 5.82 Å². The molecule has 0 saturated heterocycles. The molecule has 0 aliphatic rings. The highest BCUT2D eigenvalue weighted by Crippen LogP contribution is 2.36. The summed E-state index contributed by atoms with van der Waals surface area (Å²) in [4.78, 5) is 21.9. The van der Waals surface area contributed by atoms with Gasteiger partial charge in [-0.05, 0) is 13.0 Å².